The first-order valence-corrected chi connectivity index (χ1v) is 6.58. The molecule has 0 aliphatic heterocycles. The molecule has 2 nitrogen and oxygen atoms in total. The van der Waals surface area contributed by atoms with Gasteiger partial charge in [-0.1, -0.05) is 26.2 Å². The SMILES string of the molecule is CC1CC(NCC2(CO)CCCCC2)C1. The van der Waals surface area contributed by atoms with Crippen LogP contribution in [0.25, 0.3) is 0 Å². The minimum atomic E-state index is 0.219. The van der Waals surface area contributed by atoms with E-state index >= 15 is 0 Å². The summed E-state index contributed by atoms with van der Waals surface area (Å²) in [4.78, 5) is 0. The van der Waals surface area contributed by atoms with Gasteiger partial charge in [0.15, 0.2) is 0 Å². The molecule has 2 aliphatic carbocycles. The number of aliphatic hydroxyl groups is 1. The number of hydrogen-bond acceptors (Lipinski definition) is 2. The van der Waals surface area contributed by atoms with Gasteiger partial charge in [-0.25, -0.2) is 0 Å². The van der Waals surface area contributed by atoms with E-state index in [4.69, 9.17) is 0 Å². The second-order valence-electron chi connectivity index (χ2n) is 5.87. The smallest absolute Gasteiger partial charge is 0.0499 e. The van der Waals surface area contributed by atoms with E-state index in [1.165, 1.54) is 44.9 Å². The van der Waals surface area contributed by atoms with Crippen molar-refractivity contribution in [3.8, 4) is 0 Å². The monoisotopic (exact) mass is 211 g/mol. The first kappa shape index (κ1) is 11.4. The van der Waals surface area contributed by atoms with Crippen LogP contribution in [-0.2, 0) is 0 Å². The van der Waals surface area contributed by atoms with Crippen LogP contribution in [0.15, 0.2) is 0 Å². The second-order valence-corrected chi connectivity index (χ2v) is 5.87. The van der Waals surface area contributed by atoms with Gasteiger partial charge >= 0.3 is 0 Å². The van der Waals surface area contributed by atoms with E-state index in [0.29, 0.717) is 6.61 Å². The molecule has 2 aliphatic rings. The number of aliphatic hydroxyl groups excluding tert-OH is 1. The average Bonchev–Trinajstić information content (AvgIpc) is 2.24. The molecule has 2 fully saturated rings. The third-order valence-electron chi connectivity index (χ3n) is 4.39. The van der Waals surface area contributed by atoms with Crippen LogP contribution in [0.5, 0.6) is 0 Å². The first-order chi connectivity index (χ1) is 7.24. The summed E-state index contributed by atoms with van der Waals surface area (Å²) >= 11 is 0. The van der Waals surface area contributed by atoms with Crippen molar-refractivity contribution in [3.05, 3.63) is 0 Å². The predicted octanol–water partition coefficient (Wildman–Crippen LogP) is 2.32. The second kappa shape index (κ2) is 4.84. The fourth-order valence-electron chi connectivity index (χ4n) is 3.12. The van der Waals surface area contributed by atoms with Crippen molar-refractivity contribution >= 4 is 0 Å². The standard InChI is InChI=1S/C13H25NO/c1-11-7-12(8-11)14-9-13(10-15)5-3-2-4-6-13/h11-12,14-15H,2-10H2,1H3. The fourth-order valence-corrected chi connectivity index (χ4v) is 3.12. The molecule has 0 amide bonds. The molecule has 2 saturated carbocycles. The maximum atomic E-state index is 9.56. The van der Waals surface area contributed by atoms with Gasteiger partial charge in [-0.05, 0) is 31.6 Å². The summed E-state index contributed by atoms with van der Waals surface area (Å²) in [6.07, 6.45) is 9.09. The van der Waals surface area contributed by atoms with E-state index in [1.54, 1.807) is 0 Å². The Balaban J connectivity index is 1.74. The molecule has 0 radical (unpaired) electrons. The summed E-state index contributed by atoms with van der Waals surface area (Å²) in [7, 11) is 0. The minimum Gasteiger partial charge on any atom is -0.396 e. The molecule has 2 N–H and O–H groups in total. The van der Waals surface area contributed by atoms with Gasteiger partial charge in [0.2, 0.25) is 0 Å². The van der Waals surface area contributed by atoms with E-state index < -0.39 is 0 Å². The summed E-state index contributed by atoms with van der Waals surface area (Å²) < 4.78 is 0. The summed E-state index contributed by atoms with van der Waals surface area (Å²) in [5.41, 5.74) is 0.219. The maximum absolute atomic E-state index is 9.56. The van der Waals surface area contributed by atoms with Gasteiger partial charge in [-0.3, -0.25) is 0 Å². The van der Waals surface area contributed by atoms with Crippen molar-refractivity contribution < 1.29 is 5.11 Å². The molecule has 0 bridgehead atoms. The van der Waals surface area contributed by atoms with Crippen LogP contribution in [0.1, 0.15) is 51.9 Å². The lowest BCUT2D eigenvalue weighted by Gasteiger charge is -2.40. The van der Waals surface area contributed by atoms with Gasteiger partial charge in [-0.15, -0.1) is 0 Å². The predicted molar refractivity (Wildman–Crippen MR) is 62.8 cm³/mol. The highest BCUT2D eigenvalue weighted by molar-refractivity contribution is 4.89. The van der Waals surface area contributed by atoms with Crippen LogP contribution in [0, 0.1) is 11.3 Å². The van der Waals surface area contributed by atoms with Crippen LogP contribution >= 0.6 is 0 Å². The Bertz CT molecular complexity index is 193. The molecule has 2 rings (SSSR count). The van der Waals surface area contributed by atoms with E-state index in [0.717, 1.165) is 18.5 Å². The Morgan fingerprint density at radius 3 is 2.40 bits per heavy atom. The largest absolute Gasteiger partial charge is 0.396 e. The first-order valence-electron chi connectivity index (χ1n) is 6.58. The molecule has 15 heavy (non-hydrogen) atoms. The summed E-state index contributed by atoms with van der Waals surface area (Å²) in [5, 5.41) is 13.2. The quantitative estimate of drug-likeness (QED) is 0.748. The van der Waals surface area contributed by atoms with Crippen LogP contribution in [-0.4, -0.2) is 24.3 Å². The molecule has 0 saturated heterocycles. The Hall–Kier alpha value is -0.0800. The lowest BCUT2D eigenvalue weighted by molar-refractivity contribution is 0.0709. The molecular formula is C13H25NO. The van der Waals surface area contributed by atoms with Crippen molar-refractivity contribution in [2.75, 3.05) is 13.2 Å². The third-order valence-corrected chi connectivity index (χ3v) is 4.39. The van der Waals surface area contributed by atoms with Gasteiger partial charge in [0.1, 0.15) is 0 Å². The summed E-state index contributed by atoms with van der Waals surface area (Å²) in [6.45, 7) is 3.74. The van der Waals surface area contributed by atoms with Crippen molar-refractivity contribution in [1.82, 2.24) is 5.32 Å². The zero-order valence-corrected chi connectivity index (χ0v) is 9.97. The highest BCUT2D eigenvalue weighted by Gasteiger charge is 2.33. The van der Waals surface area contributed by atoms with E-state index in [-0.39, 0.29) is 5.41 Å². The van der Waals surface area contributed by atoms with Crippen molar-refractivity contribution in [3.63, 3.8) is 0 Å². The Labute approximate surface area is 93.5 Å². The Morgan fingerprint density at radius 2 is 1.87 bits per heavy atom. The number of rotatable bonds is 4. The summed E-state index contributed by atoms with van der Waals surface area (Å²) in [5.74, 6) is 0.916. The zero-order chi connectivity index (χ0) is 10.7. The van der Waals surface area contributed by atoms with Gasteiger partial charge in [0, 0.05) is 24.6 Å². The molecule has 88 valence electrons. The van der Waals surface area contributed by atoms with Crippen molar-refractivity contribution in [2.24, 2.45) is 11.3 Å². The maximum Gasteiger partial charge on any atom is 0.0499 e. The van der Waals surface area contributed by atoms with E-state index in [1.807, 2.05) is 0 Å². The molecule has 0 aromatic carbocycles. The van der Waals surface area contributed by atoms with Crippen molar-refractivity contribution in [2.45, 2.75) is 57.9 Å². The average molecular weight is 211 g/mol. The van der Waals surface area contributed by atoms with Crippen LogP contribution < -0.4 is 5.32 Å². The lowest BCUT2D eigenvalue weighted by atomic mass is 9.73. The van der Waals surface area contributed by atoms with E-state index in [9.17, 15) is 5.11 Å². The van der Waals surface area contributed by atoms with Crippen LogP contribution in [0.3, 0.4) is 0 Å². The minimum absolute atomic E-state index is 0.219. The highest BCUT2D eigenvalue weighted by Crippen LogP contribution is 2.36. The van der Waals surface area contributed by atoms with Crippen LogP contribution in [0.2, 0.25) is 0 Å². The lowest BCUT2D eigenvalue weighted by Crippen LogP contribution is -2.47. The van der Waals surface area contributed by atoms with Gasteiger partial charge in [0.25, 0.3) is 0 Å². The fraction of sp³-hybridized carbons (Fsp3) is 1.00. The van der Waals surface area contributed by atoms with Gasteiger partial charge in [-0.2, -0.15) is 0 Å². The van der Waals surface area contributed by atoms with Gasteiger partial charge in [0.05, 0.1) is 0 Å². The van der Waals surface area contributed by atoms with Crippen molar-refractivity contribution in [1.29, 1.82) is 0 Å². The Morgan fingerprint density at radius 1 is 1.20 bits per heavy atom. The zero-order valence-electron chi connectivity index (χ0n) is 9.97. The molecule has 0 aromatic heterocycles. The number of hydrogen-bond donors (Lipinski definition) is 2. The molecule has 0 unspecified atom stereocenters. The molecular weight excluding hydrogens is 186 g/mol. The molecule has 0 heterocycles. The molecule has 0 aromatic rings. The van der Waals surface area contributed by atoms with Crippen LogP contribution in [0.4, 0.5) is 0 Å². The molecule has 0 spiro atoms. The van der Waals surface area contributed by atoms with Gasteiger partial charge < -0.3 is 10.4 Å². The van der Waals surface area contributed by atoms with E-state index in [2.05, 4.69) is 12.2 Å². The third kappa shape index (κ3) is 2.73. The Kier molecular flexibility index (Phi) is 3.68. The molecule has 0 atom stereocenters. The highest BCUT2D eigenvalue weighted by atomic mass is 16.3. The summed E-state index contributed by atoms with van der Waals surface area (Å²) in [6, 6.07) is 0.741. The topological polar surface area (TPSA) is 32.3 Å². The number of nitrogens with one attached hydrogen (secondary N) is 1. The normalized spacial score (nSPS) is 34.8. The molecule has 2 heteroatoms.